The van der Waals surface area contributed by atoms with Crippen LogP contribution in [0.4, 0.5) is 18.9 Å². The van der Waals surface area contributed by atoms with E-state index in [0.29, 0.717) is 25.8 Å². The van der Waals surface area contributed by atoms with Gasteiger partial charge in [-0.1, -0.05) is 17.7 Å². The van der Waals surface area contributed by atoms with E-state index in [4.69, 9.17) is 16.3 Å². The van der Waals surface area contributed by atoms with E-state index in [2.05, 4.69) is 4.72 Å². The molecule has 1 aliphatic rings. The van der Waals surface area contributed by atoms with Gasteiger partial charge in [0.1, 0.15) is 0 Å². The second-order valence-electron chi connectivity index (χ2n) is 6.76. The van der Waals surface area contributed by atoms with Gasteiger partial charge in [0.15, 0.2) is 0 Å². The summed E-state index contributed by atoms with van der Waals surface area (Å²) < 4.78 is 71.5. The third-order valence-electron chi connectivity index (χ3n) is 4.45. The number of alkyl halides is 3. The summed E-state index contributed by atoms with van der Waals surface area (Å²) in [6, 6.07) is 7.37. The Morgan fingerprint density at radius 2 is 1.97 bits per heavy atom. The minimum atomic E-state index is -4.61. The maximum atomic E-state index is 12.9. The highest BCUT2D eigenvalue weighted by molar-refractivity contribution is 7.92. The molecule has 30 heavy (non-hydrogen) atoms. The van der Waals surface area contributed by atoms with Gasteiger partial charge in [0.2, 0.25) is 0 Å². The third-order valence-corrected chi connectivity index (χ3v) is 6.16. The Bertz CT molecular complexity index is 1060. The maximum absolute atomic E-state index is 12.9. The number of carbonyl (C=O) groups excluding carboxylic acids is 1. The van der Waals surface area contributed by atoms with Crippen molar-refractivity contribution in [2.45, 2.75) is 24.1 Å². The van der Waals surface area contributed by atoms with Crippen LogP contribution in [0, 0.1) is 0 Å². The fourth-order valence-electron chi connectivity index (χ4n) is 2.98. The number of amides is 1. The van der Waals surface area contributed by atoms with Crippen LogP contribution in [0.1, 0.15) is 22.8 Å². The second-order valence-corrected chi connectivity index (χ2v) is 8.85. The van der Waals surface area contributed by atoms with Gasteiger partial charge in [-0.15, -0.1) is 0 Å². The van der Waals surface area contributed by atoms with Crippen LogP contribution in [-0.2, 0) is 20.9 Å². The Morgan fingerprint density at radius 3 is 2.63 bits per heavy atom. The molecular formula is C19H18ClF3N2O4S. The number of morpholine rings is 1. The van der Waals surface area contributed by atoms with Crippen LogP contribution in [0.2, 0.25) is 5.02 Å². The van der Waals surface area contributed by atoms with Crippen molar-refractivity contribution in [2.24, 2.45) is 0 Å². The van der Waals surface area contributed by atoms with Gasteiger partial charge in [0.25, 0.3) is 15.9 Å². The number of carbonyl (C=O) groups is 1. The van der Waals surface area contributed by atoms with E-state index in [1.807, 2.05) is 0 Å². The number of rotatable bonds is 4. The highest BCUT2D eigenvalue weighted by Gasteiger charge is 2.31. The average molecular weight is 463 g/mol. The lowest BCUT2D eigenvalue weighted by Gasteiger charge is -2.31. The first-order chi connectivity index (χ1) is 14.0. The van der Waals surface area contributed by atoms with Crippen LogP contribution >= 0.6 is 11.6 Å². The smallest absolute Gasteiger partial charge is 0.375 e. The first-order valence-corrected chi connectivity index (χ1v) is 10.7. The highest BCUT2D eigenvalue weighted by Crippen LogP contribution is 2.31. The molecule has 11 heteroatoms. The van der Waals surface area contributed by atoms with E-state index in [1.165, 1.54) is 23.1 Å². The quantitative estimate of drug-likeness (QED) is 0.744. The zero-order valence-corrected chi connectivity index (χ0v) is 17.3. The van der Waals surface area contributed by atoms with Crippen molar-refractivity contribution in [2.75, 3.05) is 24.4 Å². The van der Waals surface area contributed by atoms with E-state index in [1.54, 1.807) is 6.92 Å². The first-order valence-electron chi connectivity index (χ1n) is 8.88. The summed E-state index contributed by atoms with van der Waals surface area (Å²) >= 11 is 6.11. The molecule has 6 nitrogen and oxygen atoms in total. The molecule has 1 saturated heterocycles. The highest BCUT2D eigenvalue weighted by atomic mass is 35.5. The van der Waals surface area contributed by atoms with Gasteiger partial charge in [-0.25, -0.2) is 8.42 Å². The summed E-state index contributed by atoms with van der Waals surface area (Å²) in [6.45, 7) is 2.81. The third kappa shape index (κ3) is 5.05. The van der Waals surface area contributed by atoms with E-state index in [-0.39, 0.29) is 27.3 Å². The summed E-state index contributed by atoms with van der Waals surface area (Å²) in [6.07, 6.45) is -4.78. The lowest BCUT2D eigenvalue weighted by molar-refractivity contribution is -0.137. The average Bonchev–Trinajstić information content (AvgIpc) is 2.67. The normalized spacial score (nSPS) is 17.6. The van der Waals surface area contributed by atoms with Gasteiger partial charge in [-0.3, -0.25) is 9.52 Å². The van der Waals surface area contributed by atoms with E-state index in [9.17, 15) is 26.4 Å². The fraction of sp³-hybridized carbons (Fsp3) is 0.316. The number of hydrogen-bond acceptors (Lipinski definition) is 4. The molecule has 1 amide bonds. The lowest BCUT2D eigenvalue weighted by atomic mass is 10.1. The molecular weight excluding hydrogens is 445 g/mol. The van der Waals surface area contributed by atoms with Crippen LogP contribution < -0.4 is 4.72 Å². The molecule has 2 aromatic rings. The Morgan fingerprint density at radius 1 is 1.23 bits per heavy atom. The predicted octanol–water partition coefficient (Wildman–Crippen LogP) is 4.02. The van der Waals surface area contributed by atoms with E-state index < -0.39 is 27.7 Å². The molecule has 1 heterocycles. The van der Waals surface area contributed by atoms with Crippen molar-refractivity contribution in [3.05, 3.63) is 58.6 Å². The number of hydrogen-bond donors (Lipinski definition) is 1. The van der Waals surface area contributed by atoms with Crippen LogP contribution in [0.3, 0.4) is 0 Å². The molecule has 3 rings (SSSR count). The van der Waals surface area contributed by atoms with Crippen molar-refractivity contribution in [1.82, 2.24) is 4.90 Å². The van der Waals surface area contributed by atoms with Crippen molar-refractivity contribution in [1.29, 1.82) is 0 Å². The van der Waals surface area contributed by atoms with Crippen molar-refractivity contribution in [3.63, 3.8) is 0 Å². The van der Waals surface area contributed by atoms with Gasteiger partial charge in [-0.2, -0.15) is 13.2 Å². The standard InChI is InChI=1S/C19H18ClF3N2O4S/c1-12-11-25(7-8-29-12)18(26)16-10-15(5-6-17(16)20)30(27,28)24-14-4-2-3-13(9-14)19(21,22)23/h2-6,9-10,12,24H,7-8,11H2,1H3. The molecule has 1 aliphatic heterocycles. The summed E-state index contributed by atoms with van der Waals surface area (Å²) in [7, 11) is -4.26. The fourth-order valence-corrected chi connectivity index (χ4v) is 4.26. The first kappa shape index (κ1) is 22.4. The van der Waals surface area contributed by atoms with E-state index >= 15 is 0 Å². The predicted molar refractivity (Wildman–Crippen MR) is 105 cm³/mol. The number of nitrogens with one attached hydrogen (secondary N) is 1. The molecule has 1 fully saturated rings. The molecule has 0 radical (unpaired) electrons. The van der Waals surface area contributed by atoms with Crippen molar-refractivity contribution in [3.8, 4) is 0 Å². The zero-order valence-electron chi connectivity index (χ0n) is 15.7. The number of nitrogens with zero attached hydrogens (tertiary/aromatic N) is 1. The van der Waals surface area contributed by atoms with Crippen molar-refractivity contribution < 1.29 is 31.1 Å². The summed E-state index contributed by atoms with van der Waals surface area (Å²) in [5.41, 5.74) is -1.26. The summed E-state index contributed by atoms with van der Waals surface area (Å²) in [5, 5.41) is 0.0668. The van der Waals surface area contributed by atoms with Gasteiger partial charge >= 0.3 is 6.18 Å². The summed E-state index contributed by atoms with van der Waals surface area (Å²) in [5.74, 6) is -0.453. The lowest BCUT2D eigenvalue weighted by Crippen LogP contribution is -2.44. The molecule has 0 spiro atoms. The number of sulfonamides is 1. The summed E-state index contributed by atoms with van der Waals surface area (Å²) in [4.78, 5) is 14.0. The van der Waals surface area contributed by atoms with E-state index in [0.717, 1.165) is 18.2 Å². The molecule has 0 saturated carbocycles. The Hall–Kier alpha value is -2.30. The molecule has 2 aromatic carbocycles. The Kier molecular flexibility index (Phi) is 6.30. The molecule has 0 bridgehead atoms. The van der Waals surface area contributed by atoms with Gasteiger partial charge < -0.3 is 9.64 Å². The topological polar surface area (TPSA) is 75.7 Å². The van der Waals surface area contributed by atoms with Crippen molar-refractivity contribution >= 4 is 33.2 Å². The van der Waals surface area contributed by atoms with Crippen LogP contribution in [0.25, 0.3) is 0 Å². The molecule has 162 valence electrons. The largest absolute Gasteiger partial charge is 0.416 e. The number of anilines is 1. The van der Waals surface area contributed by atoms with Gasteiger partial charge in [0.05, 0.1) is 33.8 Å². The van der Waals surface area contributed by atoms with Gasteiger partial charge in [0, 0.05) is 18.8 Å². The SMILES string of the molecule is CC1CN(C(=O)c2cc(S(=O)(=O)Nc3cccc(C(F)(F)F)c3)ccc2Cl)CCO1. The maximum Gasteiger partial charge on any atom is 0.416 e. The van der Waals surface area contributed by atoms with Crippen LogP contribution in [-0.4, -0.2) is 45.0 Å². The second kappa shape index (κ2) is 8.44. The van der Waals surface area contributed by atoms with Crippen LogP contribution in [0.15, 0.2) is 47.4 Å². The molecule has 1 N–H and O–H groups in total. The van der Waals surface area contributed by atoms with Gasteiger partial charge in [-0.05, 0) is 43.3 Å². The molecule has 0 aromatic heterocycles. The van der Waals surface area contributed by atoms with Crippen LogP contribution in [0.5, 0.6) is 0 Å². The Labute approximate surface area is 176 Å². The number of ether oxygens (including phenoxy) is 1. The molecule has 0 aliphatic carbocycles. The number of benzene rings is 2. The monoisotopic (exact) mass is 462 g/mol. The number of halogens is 4. The minimum absolute atomic E-state index is 0.0160. The molecule has 1 atom stereocenters. The molecule has 1 unspecified atom stereocenters. The Balaban J connectivity index is 1.88. The zero-order chi connectivity index (χ0) is 22.1. The minimum Gasteiger partial charge on any atom is -0.375 e.